The summed E-state index contributed by atoms with van der Waals surface area (Å²) in [4.78, 5) is 37.3. The van der Waals surface area contributed by atoms with E-state index in [0.29, 0.717) is 17.3 Å². The average molecular weight is 406 g/mol. The van der Waals surface area contributed by atoms with E-state index in [4.69, 9.17) is 0 Å². The molecular formula is C18H22N4O5S. The monoisotopic (exact) mass is 406 g/mol. The van der Waals surface area contributed by atoms with Crippen molar-refractivity contribution in [1.82, 2.24) is 20.6 Å². The number of nitrogens with zero attached hydrogens (tertiary/aromatic N) is 2. The molecule has 2 aromatic rings. The smallest absolute Gasteiger partial charge is 0.273 e. The van der Waals surface area contributed by atoms with Gasteiger partial charge in [-0.25, -0.2) is 13.1 Å². The van der Waals surface area contributed by atoms with E-state index in [1.54, 1.807) is 24.3 Å². The molecule has 1 aliphatic heterocycles. The molecule has 0 spiro atoms. The summed E-state index contributed by atoms with van der Waals surface area (Å²) in [5.41, 5.74) is 4.27. The molecule has 1 aromatic heterocycles. The summed E-state index contributed by atoms with van der Waals surface area (Å²) in [5.74, 6) is -2.05. The van der Waals surface area contributed by atoms with Crippen LogP contribution in [-0.4, -0.2) is 41.5 Å². The van der Waals surface area contributed by atoms with E-state index < -0.39 is 27.6 Å². The number of carbonyl (C=O) groups excluding carboxylic acids is 2. The lowest BCUT2D eigenvalue weighted by Crippen LogP contribution is -2.45. The highest BCUT2D eigenvalue weighted by Crippen LogP contribution is 2.18. The first kappa shape index (κ1) is 20.0. The average Bonchev–Trinajstić information content (AvgIpc) is 3.01. The van der Waals surface area contributed by atoms with Crippen LogP contribution in [0.2, 0.25) is 0 Å². The largest absolute Gasteiger partial charge is 0.290 e. The van der Waals surface area contributed by atoms with E-state index in [-0.39, 0.29) is 35.1 Å². The third kappa shape index (κ3) is 4.22. The van der Waals surface area contributed by atoms with E-state index >= 15 is 0 Å². The lowest BCUT2D eigenvalue weighted by atomic mass is 10.1. The molecule has 2 heterocycles. The summed E-state index contributed by atoms with van der Waals surface area (Å²) in [6.45, 7) is 4.20. The fraction of sp³-hybridized carbons (Fsp3) is 0.444. The van der Waals surface area contributed by atoms with E-state index in [9.17, 15) is 22.8 Å². The minimum absolute atomic E-state index is 0.00944. The number of carbonyl (C=O) groups is 2. The summed E-state index contributed by atoms with van der Waals surface area (Å²) >= 11 is 0. The molecule has 9 nitrogen and oxygen atoms in total. The molecule has 10 heteroatoms. The lowest BCUT2D eigenvalue weighted by Gasteiger charge is -2.14. The summed E-state index contributed by atoms with van der Waals surface area (Å²) in [5, 5.41) is 4.92. The zero-order chi connectivity index (χ0) is 20.5. The van der Waals surface area contributed by atoms with Gasteiger partial charge in [-0.1, -0.05) is 32.0 Å². The maximum atomic E-state index is 12.6. The van der Waals surface area contributed by atoms with Crippen LogP contribution in [0.4, 0.5) is 0 Å². The van der Waals surface area contributed by atoms with Crippen molar-refractivity contribution in [3.8, 4) is 0 Å². The van der Waals surface area contributed by atoms with Crippen molar-refractivity contribution in [3.63, 3.8) is 0 Å². The molecule has 3 rings (SSSR count). The highest BCUT2D eigenvalue weighted by atomic mass is 32.2. The number of fused-ring (bicyclic) bond motifs is 1. The predicted molar refractivity (Wildman–Crippen MR) is 103 cm³/mol. The van der Waals surface area contributed by atoms with Gasteiger partial charge >= 0.3 is 0 Å². The van der Waals surface area contributed by atoms with Crippen molar-refractivity contribution in [1.29, 1.82) is 0 Å². The topological polar surface area (TPSA) is 127 Å². The van der Waals surface area contributed by atoms with E-state index in [2.05, 4.69) is 16.0 Å². The van der Waals surface area contributed by atoms with Crippen molar-refractivity contribution in [2.24, 2.45) is 11.8 Å². The van der Waals surface area contributed by atoms with Crippen LogP contribution in [-0.2, 0) is 21.2 Å². The molecular weight excluding hydrogens is 384 g/mol. The summed E-state index contributed by atoms with van der Waals surface area (Å²) in [6, 6.07) is 6.63. The van der Waals surface area contributed by atoms with Crippen LogP contribution in [0.15, 0.2) is 29.1 Å². The van der Waals surface area contributed by atoms with Gasteiger partial charge in [0.2, 0.25) is 5.91 Å². The van der Waals surface area contributed by atoms with Crippen LogP contribution >= 0.6 is 0 Å². The second kappa shape index (κ2) is 7.70. The quantitative estimate of drug-likeness (QED) is 0.701. The van der Waals surface area contributed by atoms with Gasteiger partial charge in [-0.15, -0.1) is 0 Å². The van der Waals surface area contributed by atoms with Gasteiger partial charge in [-0.3, -0.25) is 25.2 Å². The number of hydrogen-bond donors (Lipinski definition) is 2. The molecule has 0 saturated carbocycles. The maximum Gasteiger partial charge on any atom is 0.290 e. The molecule has 1 aromatic carbocycles. The molecule has 0 bridgehead atoms. The number of amides is 2. The predicted octanol–water partition coefficient (Wildman–Crippen LogP) is 0.248. The number of benzene rings is 1. The Morgan fingerprint density at radius 2 is 1.89 bits per heavy atom. The number of hydrogen-bond acceptors (Lipinski definition) is 6. The van der Waals surface area contributed by atoms with E-state index in [0.717, 1.165) is 0 Å². The first-order chi connectivity index (χ1) is 13.2. The van der Waals surface area contributed by atoms with Crippen LogP contribution in [0.5, 0.6) is 0 Å². The second-order valence-electron chi connectivity index (χ2n) is 7.32. The van der Waals surface area contributed by atoms with E-state index in [1.807, 2.05) is 13.8 Å². The number of rotatable bonds is 4. The fourth-order valence-electron chi connectivity index (χ4n) is 3.15. The zero-order valence-electron chi connectivity index (χ0n) is 15.6. The normalized spacial score (nSPS) is 18.3. The highest BCUT2D eigenvalue weighted by Gasteiger charge is 2.33. The molecule has 0 aliphatic carbocycles. The molecule has 0 radical (unpaired) electrons. The van der Waals surface area contributed by atoms with Gasteiger partial charge in [0.15, 0.2) is 15.5 Å². The molecule has 150 valence electrons. The minimum Gasteiger partial charge on any atom is -0.273 e. The van der Waals surface area contributed by atoms with Crippen LogP contribution < -0.4 is 16.4 Å². The maximum absolute atomic E-state index is 12.6. The van der Waals surface area contributed by atoms with E-state index in [1.165, 1.54) is 4.68 Å². The Balaban J connectivity index is 1.84. The Bertz CT molecular complexity index is 1090. The molecule has 2 amide bonds. The second-order valence-corrected chi connectivity index (χ2v) is 9.55. The summed E-state index contributed by atoms with van der Waals surface area (Å²) in [7, 11) is -3.21. The van der Waals surface area contributed by atoms with Crippen LogP contribution in [0, 0.1) is 11.8 Å². The van der Waals surface area contributed by atoms with Crippen molar-refractivity contribution >= 4 is 32.4 Å². The Labute approximate surface area is 162 Å². The number of aromatic nitrogens is 2. The first-order valence-electron chi connectivity index (χ1n) is 8.98. The minimum atomic E-state index is -3.21. The highest BCUT2D eigenvalue weighted by molar-refractivity contribution is 7.91. The fourth-order valence-corrected chi connectivity index (χ4v) is 4.90. The van der Waals surface area contributed by atoms with Gasteiger partial charge in [0.1, 0.15) is 0 Å². The van der Waals surface area contributed by atoms with Gasteiger partial charge in [-0.05, 0) is 18.4 Å². The van der Waals surface area contributed by atoms with Crippen LogP contribution in [0.25, 0.3) is 10.8 Å². The number of sulfone groups is 1. The van der Waals surface area contributed by atoms with Crippen molar-refractivity contribution in [3.05, 3.63) is 40.3 Å². The summed E-state index contributed by atoms with van der Waals surface area (Å²) in [6.07, 6.45) is 0.227. The van der Waals surface area contributed by atoms with Crippen LogP contribution in [0.1, 0.15) is 30.8 Å². The SMILES string of the molecule is CC(C)Cn1nc(C(=O)NNC(=O)[C@H]2CCS(=O)(=O)C2)c2ccccc2c1=O. The molecule has 0 unspecified atom stereocenters. The van der Waals surface area contributed by atoms with Gasteiger partial charge in [0.05, 0.1) is 22.8 Å². The first-order valence-corrected chi connectivity index (χ1v) is 10.8. The standard InChI is InChI=1S/C18H22N4O5S/c1-11(2)9-22-18(25)14-6-4-3-5-13(14)15(21-22)17(24)20-19-16(23)12-7-8-28(26,27)10-12/h3-6,11-12H,7-10H2,1-2H3,(H,19,23)(H,20,24)/t12-/m0/s1. The van der Waals surface area contributed by atoms with Crippen molar-refractivity contribution < 1.29 is 18.0 Å². The van der Waals surface area contributed by atoms with Gasteiger partial charge < -0.3 is 0 Å². The Morgan fingerprint density at radius 1 is 1.21 bits per heavy atom. The Hall–Kier alpha value is -2.75. The molecule has 2 N–H and O–H groups in total. The van der Waals surface area contributed by atoms with Gasteiger partial charge in [0, 0.05) is 11.9 Å². The van der Waals surface area contributed by atoms with Gasteiger partial charge in [0.25, 0.3) is 11.5 Å². The van der Waals surface area contributed by atoms with Gasteiger partial charge in [-0.2, -0.15) is 5.10 Å². The number of hydrazine groups is 1. The van der Waals surface area contributed by atoms with Crippen molar-refractivity contribution in [2.45, 2.75) is 26.8 Å². The molecule has 1 fully saturated rings. The third-order valence-electron chi connectivity index (χ3n) is 4.52. The lowest BCUT2D eigenvalue weighted by molar-refractivity contribution is -0.125. The Kier molecular flexibility index (Phi) is 5.50. The zero-order valence-corrected chi connectivity index (χ0v) is 16.5. The van der Waals surface area contributed by atoms with Crippen molar-refractivity contribution in [2.75, 3.05) is 11.5 Å². The molecule has 28 heavy (non-hydrogen) atoms. The number of nitrogens with one attached hydrogen (secondary N) is 2. The van der Waals surface area contributed by atoms with Crippen LogP contribution in [0.3, 0.4) is 0 Å². The molecule has 1 saturated heterocycles. The molecule has 1 atom stereocenters. The molecule has 1 aliphatic rings. The summed E-state index contributed by atoms with van der Waals surface area (Å²) < 4.78 is 24.2. The third-order valence-corrected chi connectivity index (χ3v) is 6.29. The Morgan fingerprint density at radius 3 is 2.50 bits per heavy atom.